The molecule has 1 fully saturated rings. The van der Waals surface area contributed by atoms with Gasteiger partial charge in [0, 0.05) is 30.7 Å². The van der Waals surface area contributed by atoms with Gasteiger partial charge in [0.15, 0.2) is 5.82 Å². The van der Waals surface area contributed by atoms with E-state index in [4.69, 9.17) is 0 Å². The van der Waals surface area contributed by atoms with Gasteiger partial charge in [-0.15, -0.1) is 10.2 Å². The van der Waals surface area contributed by atoms with Gasteiger partial charge in [-0.25, -0.2) is 4.39 Å². The van der Waals surface area contributed by atoms with Gasteiger partial charge in [0.2, 0.25) is 11.8 Å². The fourth-order valence-corrected chi connectivity index (χ4v) is 4.00. The zero-order chi connectivity index (χ0) is 22.4. The molecule has 1 aromatic heterocycles. The third kappa shape index (κ3) is 6.65. The van der Waals surface area contributed by atoms with Crippen LogP contribution in [0, 0.1) is 18.7 Å². The average Bonchev–Trinajstić information content (AvgIpc) is 2.75. The number of carbonyl (C=O) groups excluding carboxylic acids is 2. The Morgan fingerprint density at radius 3 is 2.58 bits per heavy atom. The summed E-state index contributed by atoms with van der Waals surface area (Å²) in [6, 6.07) is 8.18. The average molecular weight is 446 g/mol. The number of halogens is 1. The molecular weight excluding hydrogens is 417 g/mol. The fraction of sp³-hybridized carbons (Fsp3) is 0.455. The van der Waals surface area contributed by atoms with Crippen molar-refractivity contribution in [2.24, 2.45) is 5.92 Å². The van der Waals surface area contributed by atoms with Crippen LogP contribution < -0.4 is 15.5 Å². The highest BCUT2D eigenvalue weighted by atomic mass is 32.2. The monoisotopic (exact) mass is 445 g/mol. The number of nitrogens with zero attached hydrogens (tertiary/aromatic N) is 3. The van der Waals surface area contributed by atoms with Crippen LogP contribution in [0.3, 0.4) is 0 Å². The molecule has 0 radical (unpaired) electrons. The molecule has 0 bridgehead atoms. The van der Waals surface area contributed by atoms with Crippen LogP contribution in [0.4, 0.5) is 15.9 Å². The number of hydrogen-bond donors (Lipinski definition) is 2. The summed E-state index contributed by atoms with van der Waals surface area (Å²) in [5, 5.41) is 14.8. The van der Waals surface area contributed by atoms with Gasteiger partial charge in [-0.1, -0.05) is 17.8 Å². The maximum absolute atomic E-state index is 13.4. The third-order valence-electron chi connectivity index (χ3n) is 5.07. The Hall–Kier alpha value is -2.68. The number of aromatic nitrogens is 2. The van der Waals surface area contributed by atoms with Gasteiger partial charge >= 0.3 is 0 Å². The number of rotatable bonds is 7. The Balaban J connectivity index is 1.47. The van der Waals surface area contributed by atoms with Crippen molar-refractivity contribution in [2.45, 2.75) is 44.7 Å². The Morgan fingerprint density at radius 1 is 1.19 bits per heavy atom. The zero-order valence-corrected chi connectivity index (χ0v) is 18.8. The number of benzene rings is 1. The first-order valence-corrected chi connectivity index (χ1v) is 11.4. The Bertz CT molecular complexity index is 915. The maximum Gasteiger partial charge on any atom is 0.234 e. The summed E-state index contributed by atoms with van der Waals surface area (Å²) in [6.07, 6.45) is 1.58. The summed E-state index contributed by atoms with van der Waals surface area (Å²) in [4.78, 5) is 26.5. The highest BCUT2D eigenvalue weighted by molar-refractivity contribution is 7.99. The SMILES string of the molecule is Cc1ccc(F)cc1NC(=O)CSc1ccc(N2CCC(C(=O)NC(C)C)CC2)nn1. The number of anilines is 2. The summed E-state index contributed by atoms with van der Waals surface area (Å²) in [5.41, 5.74) is 1.27. The second kappa shape index (κ2) is 10.6. The third-order valence-corrected chi connectivity index (χ3v) is 5.99. The molecule has 2 amide bonds. The molecule has 3 rings (SSSR count). The Kier molecular flexibility index (Phi) is 7.84. The minimum Gasteiger partial charge on any atom is -0.355 e. The van der Waals surface area contributed by atoms with Gasteiger partial charge < -0.3 is 15.5 Å². The molecule has 2 N–H and O–H groups in total. The van der Waals surface area contributed by atoms with E-state index in [-0.39, 0.29) is 35.3 Å². The van der Waals surface area contributed by atoms with Crippen molar-refractivity contribution in [1.82, 2.24) is 15.5 Å². The quantitative estimate of drug-likeness (QED) is 0.636. The van der Waals surface area contributed by atoms with E-state index in [1.807, 2.05) is 32.9 Å². The molecule has 0 unspecified atom stereocenters. The lowest BCUT2D eigenvalue weighted by Crippen LogP contribution is -2.42. The van der Waals surface area contributed by atoms with Crippen LogP contribution in [0.5, 0.6) is 0 Å². The number of hydrogen-bond acceptors (Lipinski definition) is 6. The van der Waals surface area contributed by atoms with E-state index in [1.54, 1.807) is 6.07 Å². The van der Waals surface area contributed by atoms with Crippen LogP contribution >= 0.6 is 11.8 Å². The lowest BCUT2D eigenvalue weighted by Gasteiger charge is -2.32. The lowest BCUT2D eigenvalue weighted by atomic mass is 9.95. The summed E-state index contributed by atoms with van der Waals surface area (Å²) in [5.74, 6) is 0.471. The van der Waals surface area contributed by atoms with Crippen molar-refractivity contribution >= 4 is 35.1 Å². The van der Waals surface area contributed by atoms with E-state index in [0.29, 0.717) is 10.7 Å². The number of nitrogens with one attached hydrogen (secondary N) is 2. The van der Waals surface area contributed by atoms with Gasteiger partial charge in [-0.2, -0.15) is 0 Å². The van der Waals surface area contributed by atoms with E-state index in [2.05, 4.69) is 25.7 Å². The van der Waals surface area contributed by atoms with Crippen molar-refractivity contribution < 1.29 is 14.0 Å². The van der Waals surface area contributed by atoms with Gasteiger partial charge in [0.05, 0.1) is 5.75 Å². The van der Waals surface area contributed by atoms with Gasteiger partial charge in [-0.05, 0) is 63.4 Å². The molecule has 0 atom stereocenters. The molecule has 7 nitrogen and oxygen atoms in total. The molecule has 1 aromatic carbocycles. The lowest BCUT2D eigenvalue weighted by molar-refractivity contribution is -0.126. The van der Waals surface area contributed by atoms with Crippen LogP contribution in [-0.2, 0) is 9.59 Å². The molecule has 166 valence electrons. The standard InChI is InChI=1S/C22H28FN5O2S/c1-14(2)24-22(30)16-8-10-28(11-9-16)19-6-7-21(27-26-19)31-13-20(29)25-18-12-17(23)5-4-15(18)3/h4-7,12,14,16H,8-11,13H2,1-3H3,(H,24,30)(H,25,29). The molecule has 0 aliphatic carbocycles. The first-order valence-electron chi connectivity index (χ1n) is 10.4. The number of amides is 2. The molecule has 1 aliphatic rings. The van der Waals surface area contributed by atoms with Crippen molar-refractivity contribution in [3.05, 3.63) is 41.7 Å². The highest BCUT2D eigenvalue weighted by Crippen LogP contribution is 2.24. The van der Waals surface area contributed by atoms with Crippen LogP contribution in [0.15, 0.2) is 35.4 Å². The van der Waals surface area contributed by atoms with Gasteiger partial charge in [-0.3, -0.25) is 9.59 Å². The van der Waals surface area contributed by atoms with Crippen molar-refractivity contribution in [3.63, 3.8) is 0 Å². The highest BCUT2D eigenvalue weighted by Gasteiger charge is 2.26. The van der Waals surface area contributed by atoms with Gasteiger partial charge in [0.25, 0.3) is 0 Å². The van der Waals surface area contributed by atoms with E-state index in [1.165, 1.54) is 23.9 Å². The second-order valence-electron chi connectivity index (χ2n) is 7.95. The van der Waals surface area contributed by atoms with E-state index >= 15 is 0 Å². The fourth-order valence-electron chi connectivity index (χ4n) is 3.39. The first kappa shape index (κ1) is 23.0. The molecule has 2 aromatic rings. The zero-order valence-electron chi connectivity index (χ0n) is 18.0. The van der Waals surface area contributed by atoms with Crippen LogP contribution in [0.1, 0.15) is 32.3 Å². The van der Waals surface area contributed by atoms with E-state index in [0.717, 1.165) is 37.3 Å². The summed E-state index contributed by atoms with van der Waals surface area (Å²) >= 11 is 1.27. The van der Waals surface area contributed by atoms with Gasteiger partial charge in [0.1, 0.15) is 10.8 Å². The first-order chi connectivity index (χ1) is 14.8. The number of thioether (sulfide) groups is 1. The molecular formula is C22H28FN5O2S. The summed E-state index contributed by atoms with van der Waals surface area (Å²) < 4.78 is 13.4. The molecule has 2 heterocycles. The topological polar surface area (TPSA) is 87.2 Å². The Morgan fingerprint density at radius 2 is 1.94 bits per heavy atom. The molecule has 31 heavy (non-hydrogen) atoms. The predicted molar refractivity (Wildman–Crippen MR) is 121 cm³/mol. The predicted octanol–water partition coefficient (Wildman–Crippen LogP) is 3.40. The molecule has 0 spiro atoms. The van der Waals surface area contributed by atoms with Crippen molar-refractivity contribution in [2.75, 3.05) is 29.1 Å². The minimum absolute atomic E-state index is 0.0432. The largest absolute Gasteiger partial charge is 0.355 e. The van der Waals surface area contributed by atoms with Crippen molar-refractivity contribution in [3.8, 4) is 0 Å². The van der Waals surface area contributed by atoms with Crippen LogP contribution in [0.2, 0.25) is 0 Å². The number of aryl methyl sites for hydroxylation is 1. The minimum atomic E-state index is -0.389. The summed E-state index contributed by atoms with van der Waals surface area (Å²) in [7, 11) is 0. The molecule has 0 saturated carbocycles. The van der Waals surface area contributed by atoms with E-state index in [9.17, 15) is 14.0 Å². The van der Waals surface area contributed by atoms with Crippen molar-refractivity contribution in [1.29, 1.82) is 0 Å². The van der Waals surface area contributed by atoms with Crippen LogP contribution in [0.25, 0.3) is 0 Å². The molecule has 1 aliphatic heterocycles. The number of piperidine rings is 1. The maximum atomic E-state index is 13.4. The van der Waals surface area contributed by atoms with Crippen LogP contribution in [-0.4, -0.2) is 46.9 Å². The number of carbonyl (C=O) groups is 2. The normalized spacial score (nSPS) is 14.5. The molecule has 1 saturated heterocycles. The Labute approximate surface area is 186 Å². The van der Waals surface area contributed by atoms with E-state index < -0.39 is 0 Å². The summed E-state index contributed by atoms with van der Waals surface area (Å²) in [6.45, 7) is 7.26. The second-order valence-corrected chi connectivity index (χ2v) is 8.95. The smallest absolute Gasteiger partial charge is 0.234 e. The molecule has 9 heteroatoms.